The van der Waals surface area contributed by atoms with Crippen LogP contribution in [0.2, 0.25) is 0 Å². The minimum absolute atomic E-state index is 0.281. The fraction of sp³-hybridized carbons (Fsp3) is 0.111. The van der Waals surface area contributed by atoms with Crippen LogP contribution in [0.3, 0.4) is 0 Å². The van der Waals surface area contributed by atoms with Crippen molar-refractivity contribution >= 4 is 11.6 Å². The van der Waals surface area contributed by atoms with E-state index in [0.717, 1.165) is 12.1 Å². The van der Waals surface area contributed by atoms with E-state index < -0.39 is 45.7 Å². The van der Waals surface area contributed by atoms with Gasteiger partial charge in [-0.3, -0.25) is 9.59 Å². The summed E-state index contributed by atoms with van der Waals surface area (Å²) < 4.78 is 59.3. The largest absolute Gasteiger partial charge is 0.303 e. The van der Waals surface area contributed by atoms with Gasteiger partial charge >= 0.3 is 11.8 Å². The molecule has 0 bridgehead atoms. The van der Waals surface area contributed by atoms with Crippen LogP contribution in [-0.2, 0) is 11.8 Å². The maximum absolute atomic E-state index is 14.8. The Bertz CT molecular complexity index is 881. The number of hydrogen-bond donors (Lipinski definition) is 0. The van der Waals surface area contributed by atoms with Gasteiger partial charge in [0.15, 0.2) is 11.6 Å². The molecule has 0 radical (unpaired) electrons. The number of benzene rings is 2. The first-order valence-electron chi connectivity index (χ1n) is 7.07. The third-order valence-electron chi connectivity index (χ3n) is 4.35. The number of hydrogen-bond acceptors (Lipinski definition) is 2. The molecule has 2 aromatic rings. The number of ketones is 2. The lowest BCUT2D eigenvalue weighted by Gasteiger charge is -2.36. The van der Waals surface area contributed by atoms with E-state index in [0.29, 0.717) is 0 Å². The van der Waals surface area contributed by atoms with Gasteiger partial charge in [0.25, 0.3) is 0 Å². The lowest BCUT2D eigenvalue weighted by molar-refractivity contribution is -0.0154. The molecular formula is C18H8F4O2. The first kappa shape index (κ1) is 14.8. The smallest absolute Gasteiger partial charge is 0.289 e. The van der Waals surface area contributed by atoms with Crippen LogP contribution < -0.4 is 0 Å². The molecule has 24 heavy (non-hydrogen) atoms. The van der Waals surface area contributed by atoms with Crippen molar-refractivity contribution in [3.05, 3.63) is 81.9 Å². The van der Waals surface area contributed by atoms with Gasteiger partial charge in [-0.1, -0.05) is 48.5 Å². The summed E-state index contributed by atoms with van der Waals surface area (Å²) in [5.41, 5.74) is -5.31. The van der Waals surface area contributed by atoms with Crippen molar-refractivity contribution in [2.75, 3.05) is 0 Å². The van der Waals surface area contributed by atoms with Gasteiger partial charge in [0.2, 0.25) is 0 Å². The molecule has 2 aliphatic rings. The van der Waals surface area contributed by atoms with Gasteiger partial charge in [-0.25, -0.2) is 0 Å². The molecule has 2 aliphatic carbocycles. The summed E-state index contributed by atoms with van der Waals surface area (Å²) in [6.45, 7) is 0. The molecule has 0 heterocycles. The molecule has 0 saturated heterocycles. The Morgan fingerprint density at radius 2 is 0.917 bits per heavy atom. The molecule has 2 nitrogen and oxygen atoms in total. The summed E-state index contributed by atoms with van der Waals surface area (Å²) in [5, 5.41) is 0. The number of rotatable bonds is 0. The lowest BCUT2D eigenvalue weighted by atomic mass is 9.71. The number of Topliss-reactive ketones (excluding diaryl/α,β-unsaturated/α-hetero) is 2. The fourth-order valence-electron chi connectivity index (χ4n) is 3.27. The molecule has 0 atom stereocenters. The Morgan fingerprint density at radius 3 is 1.29 bits per heavy atom. The van der Waals surface area contributed by atoms with E-state index in [1.807, 2.05) is 0 Å². The van der Waals surface area contributed by atoms with Crippen LogP contribution in [0, 0.1) is 0 Å². The topological polar surface area (TPSA) is 34.1 Å². The van der Waals surface area contributed by atoms with E-state index in [9.17, 15) is 27.2 Å². The molecule has 0 unspecified atom stereocenters. The fourth-order valence-corrected chi connectivity index (χ4v) is 3.27. The number of carbonyl (C=O) groups excluding carboxylic acids is 2. The average Bonchev–Trinajstić information content (AvgIpc) is 2.56. The molecule has 120 valence electrons. The molecule has 0 amide bonds. The summed E-state index contributed by atoms with van der Waals surface area (Å²) in [4.78, 5) is 25.0. The Balaban J connectivity index is 2.11. The minimum atomic E-state index is -3.96. The van der Waals surface area contributed by atoms with Crippen molar-refractivity contribution in [3.63, 3.8) is 0 Å². The highest BCUT2D eigenvalue weighted by Gasteiger charge is 2.60. The number of alkyl halides is 4. The van der Waals surface area contributed by atoms with Gasteiger partial charge in [-0.2, -0.15) is 17.6 Å². The third-order valence-corrected chi connectivity index (χ3v) is 4.35. The van der Waals surface area contributed by atoms with Crippen LogP contribution in [0.1, 0.15) is 31.8 Å². The number of fused-ring (bicyclic) bond motifs is 2. The van der Waals surface area contributed by atoms with E-state index in [-0.39, 0.29) is 11.1 Å². The van der Waals surface area contributed by atoms with Crippen LogP contribution in [0.4, 0.5) is 17.6 Å². The molecule has 0 N–H and O–H groups in total. The second-order valence-electron chi connectivity index (χ2n) is 5.65. The van der Waals surface area contributed by atoms with Crippen molar-refractivity contribution in [1.29, 1.82) is 0 Å². The monoisotopic (exact) mass is 332 g/mol. The van der Waals surface area contributed by atoms with Gasteiger partial charge < -0.3 is 0 Å². The van der Waals surface area contributed by atoms with E-state index >= 15 is 0 Å². The Hall–Kier alpha value is -2.76. The summed E-state index contributed by atoms with van der Waals surface area (Å²) in [5.74, 6) is -10.4. The summed E-state index contributed by atoms with van der Waals surface area (Å²) in [6, 6.07) is 9.25. The van der Waals surface area contributed by atoms with Gasteiger partial charge in [0.1, 0.15) is 0 Å². The van der Waals surface area contributed by atoms with Crippen molar-refractivity contribution in [2.24, 2.45) is 0 Å². The van der Waals surface area contributed by atoms with Crippen LogP contribution in [0.25, 0.3) is 0 Å². The Kier molecular flexibility index (Phi) is 2.72. The Morgan fingerprint density at radius 1 is 0.583 bits per heavy atom. The zero-order valence-corrected chi connectivity index (χ0v) is 11.9. The lowest BCUT2D eigenvalue weighted by Crippen LogP contribution is -2.42. The van der Waals surface area contributed by atoms with Crippen molar-refractivity contribution < 1.29 is 27.2 Å². The highest BCUT2D eigenvalue weighted by atomic mass is 19.3. The first-order valence-corrected chi connectivity index (χ1v) is 7.07. The van der Waals surface area contributed by atoms with E-state index in [4.69, 9.17) is 0 Å². The normalized spacial score (nSPS) is 20.3. The number of halogens is 4. The average molecular weight is 332 g/mol. The van der Waals surface area contributed by atoms with Gasteiger partial charge in [0, 0.05) is 22.3 Å². The molecule has 0 aliphatic heterocycles. The molecular weight excluding hydrogens is 324 g/mol. The van der Waals surface area contributed by atoms with Crippen LogP contribution in [-0.4, -0.2) is 11.6 Å². The number of carbonyl (C=O) groups is 2. The van der Waals surface area contributed by atoms with Crippen molar-refractivity contribution in [3.8, 4) is 0 Å². The molecule has 2 aromatic carbocycles. The first-order chi connectivity index (χ1) is 11.3. The van der Waals surface area contributed by atoms with E-state index in [1.165, 1.54) is 36.4 Å². The highest BCUT2D eigenvalue weighted by molar-refractivity contribution is 6.28. The minimum Gasteiger partial charge on any atom is -0.289 e. The molecule has 6 heteroatoms. The third kappa shape index (κ3) is 1.60. The van der Waals surface area contributed by atoms with Crippen molar-refractivity contribution in [1.82, 2.24) is 0 Å². The number of allylic oxidation sites excluding steroid dienone is 2. The Labute approximate surface area is 133 Å². The van der Waals surface area contributed by atoms with Gasteiger partial charge in [0.05, 0.1) is 11.1 Å². The quantitative estimate of drug-likeness (QED) is 0.676. The summed E-state index contributed by atoms with van der Waals surface area (Å²) >= 11 is 0. The zero-order valence-electron chi connectivity index (χ0n) is 11.9. The van der Waals surface area contributed by atoms with E-state index in [2.05, 4.69) is 0 Å². The second-order valence-corrected chi connectivity index (χ2v) is 5.65. The van der Waals surface area contributed by atoms with Crippen LogP contribution >= 0.6 is 0 Å². The van der Waals surface area contributed by atoms with Crippen molar-refractivity contribution in [2.45, 2.75) is 11.8 Å². The molecule has 0 spiro atoms. The molecule has 4 rings (SSSR count). The summed E-state index contributed by atoms with van der Waals surface area (Å²) in [6.07, 6.45) is 0. The zero-order chi connectivity index (χ0) is 17.3. The SMILES string of the molecule is O=C1C2=C(C(=O)c3ccccc31)C(F)(F)c1ccccc1C2(F)F. The highest BCUT2D eigenvalue weighted by Crippen LogP contribution is 2.55. The molecule has 0 fully saturated rings. The van der Waals surface area contributed by atoms with Crippen LogP contribution in [0.15, 0.2) is 59.7 Å². The second kappa shape index (κ2) is 4.41. The summed E-state index contributed by atoms with van der Waals surface area (Å²) in [7, 11) is 0. The molecule has 0 saturated carbocycles. The molecule has 0 aromatic heterocycles. The maximum Gasteiger partial charge on any atom is 0.303 e. The predicted octanol–water partition coefficient (Wildman–Crippen LogP) is 4.26. The standard InChI is InChI=1S/C18H8F4O2/c19-17(20)11-7-3-4-8-12(11)18(21,22)14-13(17)15(23)9-5-1-2-6-10(9)16(14)24/h1-8H. The van der Waals surface area contributed by atoms with Crippen LogP contribution in [0.5, 0.6) is 0 Å². The maximum atomic E-state index is 14.8. The van der Waals surface area contributed by atoms with Gasteiger partial charge in [-0.05, 0) is 0 Å². The van der Waals surface area contributed by atoms with E-state index in [1.54, 1.807) is 0 Å². The van der Waals surface area contributed by atoms with Gasteiger partial charge in [-0.15, -0.1) is 0 Å². The predicted molar refractivity (Wildman–Crippen MR) is 76.4 cm³/mol.